The van der Waals surface area contributed by atoms with Gasteiger partial charge in [-0.2, -0.15) is 0 Å². The summed E-state index contributed by atoms with van der Waals surface area (Å²) < 4.78 is 0. The number of anilines is 1. The van der Waals surface area contributed by atoms with Crippen molar-refractivity contribution in [1.29, 1.82) is 0 Å². The lowest BCUT2D eigenvalue weighted by Crippen LogP contribution is -2.55. The Labute approximate surface area is 138 Å². The summed E-state index contributed by atoms with van der Waals surface area (Å²) in [5.41, 5.74) is 5.03. The van der Waals surface area contributed by atoms with Gasteiger partial charge in [0.1, 0.15) is 0 Å². The minimum atomic E-state index is 0.140. The fraction of sp³-hybridized carbons (Fsp3) is 0.714. The van der Waals surface area contributed by atoms with E-state index in [-0.39, 0.29) is 21.8 Å². The summed E-state index contributed by atoms with van der Waals surface area (Å²) in [4.78, 5) is 2.63. The van der Waals surface area contributed by atoms with Crippen molar-refractivity contribution in [3.8, 4) is 0 Å². The zero-order valence-corrected chi connectivity index (χ0v) is 16.4. The van der Waals surface area contributed by atoms with Crippen molar-refractivity contribution < 1.29 is 0 Å². The Bertz CT molecular complexity index is 547. The Kier molecular flexibility index (Phi) is 3.76. The largest absolute Gasteiger partial charge is 0.366 e. The van der Waals surface area contributed by atoms with Crippen LogP contribution in [0.15, 0.2) is 18.2 Å². The van der Waals surface area contributed by atoms with Gasteiger partial charge in [0.25, 0.3) is 0 Å². The molecule has 0 saturated carbocycles. The molecule has 0 unspecified atom stereocenters. The first-order chi connectivity index (χ1) is 9.72. The first-order valence-electron chi connectivity index (χ1n) is 8.61. The van der Waals surface area contributed by atoms with Crippen LogP contribution in [0.1, 0.15) is 73.4 Å². The first-order valence-corrected chi connectivity index (χ1v) is 8.61. The summed E-state index contributed by atoms with van der Waals surface area (Å²) in [6.45, 7) is 24.8. The van der Waals surface area contributed by atoms with Gasteiger partial charge in [0, 0.05) is 23.2 Å². The molecular formula is C21H35N. The third kappa shape index (κ3) is 2.37. The van der Waals surface area contributed by atoms with Gasteiger partial charge in [0.05, 0.1) is 0 Å². The molecule has 0 fully saturated rings. The van der Waals surface area contributed by atoms with E-state index in [9.17, 15) is 0 Å². The van der Waals surface area contributed by atoms with Gasteiger partial charge in [-0.15, -0.1) is 0 Å². The SMILES string of the molecule is Cc1ccc2c(c1)N(C(C)(C)C)CC2(C(C)(C)C)C(C)(C)C. The van der Waals surface area contributed by atoms with Crippen molar-refractivity contribution in [1.82, 2.24) is 0 Å². The van der Waals surface area contributed by atoms with Gasteiger partial charge in [0.15, 0.2) is 0 Å². The monoisotopic (exact) mass is 301 g/mol. The van der Waals surface area contributed by atoms with Crippen LogP contribution in [0.5, 0.6) is 0 Å². The lowest BCUT2D eigenvalue weighted by molar-refractivity contribution is 0.0636. The molecular weight excluding hydrogens is 266 g/mol. The average Bonchev–Trinajstić information content (AvgIpc) is 2.62. The van der Waals surface area contributed by atoms with E-state index < -0.39 is 0 Å². The van der Waals surface area contributed by atoms with E-state index in [0.717, 1.165) is 6.54 Å². The molecule has 0 atom stereocenters. The van der Waals surface area contributed by atoms with Crippen molar-refractivity contribution in [2.24, 2.45) is 10.8 Å². The summed E-state index contributed by atoms with van der Waals surface area (Å²) in [5, 5.41) is 0. The lowest BCUT2D eigenvalue weighted by Gasteiger charge is -2.52. The molecule has 0 saturated heterocycles. The zero-order valence-electron chi connectivity index (χ0n) is 16.4. The van der Waals surface area contributed by atoms with Gasteiger partial charge in [-0.3, -0.25) is 0 Å². The summed E-state index contributed by atoms with van der Waals surface area (Å²) in [7, 11) is 0. The molecule has 0 amide bonds. The molecule has 0 aromatic heterocycles. The van der Waals surface area contributed by atoms with Crippen LogP contribution >= 0.6 is 0 Å². The van der Waals surface area contributed by atoms with E-state index in [2.05, 4.69) is 92.3 Å². The van der Waals surface area contributed by atoms with Gasteiger partial charge in [-0.05, 0) is 55.7 Å². The lowest BCUT2D eigenvalue weighted by atomic mass is 9.52. The molecule has 0 spiro atoms. The molecule has 1 aromatic rings. The highest BCUT2D eigenvalue weighted by Gasteiger charge is 2.58. The Hall–Kier alpha value is -0.980. The molecule has 22 heavy (non-hydrogen) atoms. The standard InChI is InChI=1S/C21H35N/c1-15-11-12-16-17(13-15)22(20(8,9)10)14-21(16,18(2,3)4)19(5,6)7/h11-13H,14H2,1-10H3. The summed E-state index contributed by atoms with van der Waals surface area (Å²) in [5.74, 6) is 0. The predicted octanol–water partition coefficient (Wildman–Crippen LogP) is 5.94. The third-order valence-corrected chi connectivity index (χ3v) is 5.67. The second kappa shape index (κ2) is 4.76. The van der Waals surface area contributed by atoms with Crippen LogP contribution in [0, 0.1) is 17.8 Å². The highest BCUT2D eigenvalue weighted by atomic mass is 15.2. The van der Waals surface area contributed by atoms with E-state index in [4.69, 9.17) is 0 Å². The fourth-order valence-corrected chi connectivity index (χ4v) is 4.64. The van der Waals surface area contributed by atoms with Gasteiger partial charge >= 0.3 is 0 Å². The molecule has 1 aliphatic rings. The maximum Gasteiger partial charge on any atom is 0.0412 e. The quantitative estimate of drug-likeness (QED) is 0.573. The number of hydrogen-bond donors (Lipinski definition) is 0. The minimum absolute atomic E-state index is 0.140. The van der Waals surface area contributed by atoms with Crippen LogP contribution in [0.2, 0.25) is 0 Å². The molecule has 0 aliphatic carbocycles. The normalized spacial score (nSPS) is 18.5. The highest BCUT2D eigenvalue weighted by Crippen LogP contribution is 2.60. The number of rotatable bonds is 0. The van der Waals surface area contributed by atoms with Crippen molar-refractivity contribution in [2.75, 3.05) is 11.4 Å². The zero-order chi connectivity index (χ0) is 17.1. The Morgan fingerprint density at radius 2 is 1.36 bits per heavy atom. The molecule has 0 radical (unpaired) electrons. The molecule has 1 aromatic carbocycles. The summed E-state index contributed by atoms with van der Waals surface area (Å²) in [6, 6.07) is 7.07. The molecule has 0 N–H and O–H groups in total. The molecule has 124 valence electrons. The van der Waals surface area contributed by atoms with Gasteiger partial charge < -0.3 is 4.90 Å². The predicted molar refractivity (Wildman–Crippen MR) is 98.9 cm³/mol. The fourth-order valence-electron chi connectivity index (χ4n) is 4.64. The first kappa shape index (κ1) is 17.4. The van der Waals surface area contributed by atoms with Gasteiger partial charge in [0.2, 0.25) is 0 Å². The molecule has 1 heterocycles. The smallest absolute Gasteiger partial charge is 0.0412 e. The minimum Gasteiger partial charge on any atom is -0.366 e. The molecule has 2 rings (SSSR count). The van der Waals surface area contributed by atoms with Crippen molar-refractivity contribution in [3.05, 3.63) is 29.3 Å². The van der Waals surface area contributed by atoms with E-state index in [1.807, 2.05) is 0 Å². The van der Waals surface area contributed by atoms with E-state index in [1.54, 1.807) is 0 Å². The van der Waals surface area contributed by atoms with E-state index in [1.165, 1.54) is 16.8 Å². The van der Waals surface area contributed by atoms with Crippen LogP contribution in [0.3, 0.4) is 0 Å². The number of hydrogen-bond acceptors (Lipinski definition) is 1. The second-order valence-electron chi connectivity index (χ2n) is 10.2. The van der Waals surface area contributed by atoms with Gasteiger partial charge in [-0.25, -0.2) is 0 Å². The molecule has 0 bridgehead atoms. The summed E-state index contributed by atoms with van der Waals surface area (Å²) >= 11 is 0. The number of aryl methyl sites for hydroxylation is 1. The molecule has 1 nitrogen and oxygen atoms in total. The van der Waals surface area contributed by atoms with Gasteiger partial charge in [-0.1, -0.05) is 53.7 Å². The number of fused-ring (bicyclic) bond motifs is 1. The molecule has 1 aliphatic heterocycles. The number of nitrogens with zero attached hydrogens (tertiary/aromatic N) is 1. The van der Waals surface area contributed by atoms with Crippen molar-refractivity contribution in [2.45, 2.75) is 80.2 Å². The van der Waals surface area contributed by atoms with Crippen LogP contribution in [0.25, 0.3) is 0 Å². The van der Waals surface area contributed by atoms with Crippen molar-refractivity contribution in [3.63, 3.8) is 0 Å². The summed E-state index contributed by atoms with van der Waals surface area (Å²) in [6.07, 6.45) is 0. The van der Waals surface area contributed by atoms with Crippen LogP contribution in [-0.4, -0.2) is 12.1 Å². The number of benzene rings is 1. The highest BCUT2D eigenvalue weighted by molar-refractivity contribution is 5.66. The average molecular weight is 302 g/mol. The topological polar surface area (TPSA) is 3.24 Å². The van der Waals surface area contributed by atoms with Crippen molar-refractivity contribution >= 4 is 5.69 Å². The Morgan fingerprint density at radius 1 is 0.864 bits per heavy atom. The van der Waals surface area contributed by atoms with E-state index in [0.29, 0.717) is 0 Å². The maximum absolute atomic E-state index is 2.63. The van der Waals surface area contributed by atoms with Crippen LogP contribution in [0.4, 0.5) is 5.69 Å². The van der Waals surface area contributed by atoms with Crippen LogP contribution in [-0.2, 0) is 5.41 Å². The third-order valence-electron chi connectivity index (χ3n) is 5.67. The Morgan fingerprint density at radius 3 is 1.77 bits per heavy atom. The second-order valence-corrected chi connectivity index (χ2v) is 10.2. The van der Waals surface area contributed by atoms with Crippen LogP contribution < -0.4 is 4.90 Å². The molecule has 1 heteroatoms. The Balaban J connectivity index is 2.81. The maximum atomic E-state index is 2.63. The van der Waals surface area contributed by atoms with E-state index >= 15 is 0 Å².